The molecular weight excluding hydrogens is 398 g/mol. The first kappa shape index (κ1) is 19.7. The average Bonchev–Trinajstić information content (AvgIpc) is 3.46. The van der Waals surface area contributed by atoms with Crippen molar-refractivity contribution < 1.29 is 0 Å². The fourth-order valence-corrected chi connectivity index (χ4v) is 5.61. The molecular formula is C26H29N5O. The zero-order chi connectivity index (χ0) is 21.7. The summed E-state index contributed by atoms with van der Waals surface area (Å²) in [5.74, 6) is 0.464. The van der Waals surface area contributed by atoms with E-state index < -0.39 is 0 Å². The molecule has 0 saturated carbocycles. The van der Waals surface area contributed by atoms with Crippen molar-refractivity contribution in [2.75, 3.05) is 19.6 Å². The van der Waals surface area contributed by atoms with E-state index in [0.29, 0.717) is 12.0 Å². The van der Waals surface area contributed by atoms with E-state index in [4.69, 9.17) is 0 Å². The molecule has 6 rings (SSSR count). The molecule has 2 saturated heterocycles. The van der Waals surface area contributed by atoms with Crippen molar-refractivity contribution >= 4 is 21.9 Å². The number of fused-ring (bicyclic) bond motifs is 3. The lowest BCUT2D eigenvalue weighted by molar-refractivity contribution is 0.374. The minimum Gasteiger partial charge on any atom is -0.315 e. The van der Waals surface area contributed by atoms with Crippen molar-refractivity contribution in [3.63, 3.8) is 0 Å². The van der Waals surface area contributed by atoms with Gasteiger partial charge in [-0.25, -0.2) is 4.79 Å². The number of pyridine rings is 1. The van der Waals surface area contributed by atoms with Crippen LogP contribution in [0.1, 0.15) is 48.4 Å². The fraction of sp³-hybridized carbons (Fsp3) is 0.385. The van der Waals surface area contributed by atoms with Gasteiger partial charge in [0, 0.05) is 31.6 Å². The third-order valence-electron chi connectivity index (χ3n) is 7.43. The fourth-order valence-electron chi connectivity index (χ4n) is 5.61. The predicted molar refractivity (Wildman–Crippen MR) is 128 cm³/mol. The maximum absolute atomic E-state index is 13.1. The van der Waals surface area contributed by atoms with E-state index >= 15 is 0 Å². The molecule has 0 amide bonds. The van der Waals surface area contributed by atoms with Gasteiger partial charge in [0.15, 0.2) is 0 Å². The van der Waals surface area contributed by atoms with Gasteiger partial charge in [-0.05, 0) is 55.0 Å². The summed E-state index contributed by atoms with van der Waals surface area (Å²) in [4.78, 5) is 17.8. The van der Waals surface area contributed by atoms with Gasteiger partial charge in [0.25, 0.3) is 0 Å². The number of imidazole rings is 1. The van der Waals surface area contributed by atoms with Gasteiger partial charge in [0.1, 0.15) is 0 Å². The summed E-state index contributed by atoms with van der Waals surface area (Å²) < 4.78 is 3.76. The number of aromatic nitrogens is 3. The Morgan fingerprint density at radius 3 is 2.62 bits per heavy atom. The number of rotatable bonds is 3. The standard InChI is InChI=1S/C26H29N5O/c1-30-24-16-29-23-10-7-18(19-8-9-22(28-14-19)17-5-3-2-4-6-17)13-21(23)25(24)31(26(30)32)20-11-12-27-15-20/h2-7,10,13,16,19-20,22,27-28H,8-9,11-12,14-15H2,1H3. The number of aryl methyl sites for hydroxylation is 1. The zero-order valence-electron chi connectivity index (χ0n) is 18.4. The van der Waals surface area contributed by atoms with Crippen LogP contribution >= 0.6 is 0 Å². The Morgan fingerprint density at radius 2 is 1.88 bits per heavy atom. The Kier molecular flexibility index (Phi) is 4.85. The average molecular weight is 428 g/mol. The van der Waals surface area contributed by atoms with Crippen LogP contribution in [0.2, 0.25) is 0 Å². The van der Waals surface area contributed by atoms with Crippen LogP contribution in [0.3, 0.4) is 0 Å². The molecule has 0 radical (unpaired) electrons. The second kappa shape index (κ2) is 7.87. The van der Waals surface area contributed by atoms with Crippen LogP contribution in [0.25, 0.3) is 21.9 Å². The first-order valence-electron chi connectivity index (χ1n) is 11.7. The molecule has 0 spiro atoms. The molecule has 0 bridgehead atoms. The molecule has 2 aromatic carbocycles. The molecule has 2 aliphatic heterocycles. The van der Waals surface area contributed by atoms with Gasteiger partial charge >= 0.3 is 5.69 Å². The minimum absolute atomic E-state index is 0.0541. The number of hydrogen-bond donors (Lipinski definition) is 2. The molecule has 6 heteroatoms. The van der Waals surface area contributed by atoms with Gasteiger partial charge in [-0.2, -0.15) is 0 Å². The van der Waals surface area contributed by atoms with Gasteiger partial charge in [-0.3, -0.25) is 14.1 Å². The molecule has 2 fully saturated rings. The predicted octanol–water partition coefficient (Wildman–Crippen LogP) is 3.63. The van der Waals surface area contributed by atoms with E-state index in [2.05, 4.69) is 64.1 Å². The summed E-state index contributed by atoms with van der Waals surface area (Å²) in [6, 6.07) is 18.0. The second-order valence-corrected chi connectivity index (χ2v) is 9.27. The van der Waals surface area contributed by atoms with Gasteiger partial charge in [0.2, 0.25) is 0 Å². The third kappa shape index (κ3) is 3.17. The summed E-state index contributed by atoms with van der Waals surface area (Å²) >= 11 is 0. The molecule has 6 nitrogen and oxygen atoms in total. The maximum atomic E-state index is 13.1. The summed E-state index contributed by atoms with van der Waals surface area (Å²) in [5.41, 5.74) is 5.66. The Labute approximate surface area is 187 Å². The Balaban J connectivity index is 1.39. The molecule has 2 aromatic heterocycles. The second-order valence-electron chi connectivity index (χ2n) is 9.27. The van der Waals surface area contributed by atoms with Crippen molar-refractivity contribution in [2.45, 2.75) is 37.3 Å². The highest BCUT2D eigenvalue weighted by atomic mass is 16.1. The van der Waals surface area contributed by atoms with Crippen LogP contribution in [-0.4, -0.2) is 33.8 Å². The van der Waals surface area contributed by atoms with Crippen LogP contribution in [0.4, 0.5) is 0 Å². The first-order valence-corrected chi connectivity index (χ1v) is 11.7. The first-order chi connectivity index (χ1) is 15.7. The summed E-state index contributed by atoms with van der Waals surface area (Å²) in [5, 5.41) is 8.26. The SMILES string of the molecule is Cn1c(=O)n(C2CCNC2)c2c3cc(C4CCC(c5ccccc5)NC4)ccc3ncc21. The lowest BCUT2D eigenvalue weighted by Crippen LogP contribution is -2.32. The summed E-state index contributed by atoms with van der Waals surface area (Å²) in [7, 11) is 1.86. The Bertz CT molecular complexity index is 1330. The number of nitrogens with zero attached hydrogens (tertiary/aromatic N) is 3. The number of piperidine rings is 1. The quantitative estimate of drug-likeness (QED) is 0.524. The molecule has 164 valence electrons. The van der Waals surface area contributed by atoms with E-state index in [1.807, 2.05) is 17.8 Å². The van der Waals surface area contributed by atoms with Crippen molar-refractivity contribution in [3.8, 4) is 0 Å². The van der Waals surface area contributed by atoms with Gasteiger partial charge < -0.3 is 10.6 Å². The zero-order valence-corrected chi connectivity index (χ0v) is 18.4. The van der Waals surface area contributed by atoms with Crippen molar-refractivity contribution in [3.05, 3.63) is 76.3 Å². The van der Waals surface area contributed by atoms with Crippen LogP contribution in [0.15, 0.2) is 59.5 Å². The van der Waals surface area contributed by atoms with Crippen molar-refractivity contribution in [1.29, 1.82) is 0 Å². The molecule has 2 N–H and O–H groups in total. The van der Waals surface area contributed by atoms with E-state index in [0.717, 1.165) is 60.8 Å². The summed E-state index contributed by atoms with van der Waals surface area (Å²) in [6.07, 6.45) is 5.11. The van der Waals surface area contributed by atoms with Crippen molar-refractivity contribution in [1.82, 2.24) is 24.8 Å². The Hall–Kier alpha value is -2.96. The highest BCUT2D eigenvalue weighted by Crippen LogP contribution is 2.34. The molecule has 0 aliphatic carbocycles. The number of hydrogen-bond acceptors (Lipinski definition) is 4. The molecule has 3 atom stereocenters. The van der Waals surface area contributed by atoms with Crippen LogP contribution in [-0.2, 0) is 7.05 Å². The highest BCUT2D eigenvalue weighted by molar-refractivity contribution is 6.02. The smallest absolute Gasteiger partial charge is 0.315 e. The molecule has 32 heavy (non-hydrogen) atoms. The minimum atomic E-state index is 0.0541. The number of nitrogens with one attached hydrogen (secondary N) is 2. The van der Waals surface area contributed by atoms with Crippen molar-refractivity contribution in [2.24, 2.45) is 7.05 Å². The van der Waals surface area contributed by atoms with Crippen LogP contribution < -0.4 is 16.3 Å². The molecule has 4 aromatic rings. The van der Waals surface area contributed by atoms with Crippen LogP contribution in [0, 0.1) is 0 Å². The van der Waals surface area contributed by atoms with Gasteiger partial charge in [-0.15, -0.1) is 0 Å². The van der Waals surface area contributed by atoms with Gasteiger partial charge in [-0.1, -0.05) is 36.4 Å². The van der Waals surface area contributed by atoms with E-state index in [1.54, 1.807) is 4.57 Å². The summed E-state index contributed by atoms with van der Waals surface area (Å²) in [6.45, 7) is 2.76. The maximum Gasteiger partial charge on any atom is 0.329 e. The van der Waals surface area contributed by atoms with E-state index in [-0.39, 0.29) is 11.7 Å². The molecule has 4 heterocycles. The lowest BCUT2D eigenvalue weighted by Gasteiger charge is -2.30. The normalized spacial score (nSPS) is 23.8. The Morgan fingerprint density at radius 1 is 1.00 bits per heavy atom. The number of benzene rings is 2. The molecule has 3 unspecified atom stereocenters. The lowest BCUT2D eigenvalue weighted by atomic mass is 9.86. The molecule has 2 aliphatic rings. The van der Waals surface area contributed by atoms with E-state index in [1.165, 1.54) is 11.1 Å². The van der Waals surface area contributed by atoms with Gasteiger partial charge in [0.05, 0.1) is 28.8 Å². The monoisotopic (exact) mass is 427 g/mol. The topological polar surface area (TPSA) is 63.9 Å². The largest absolute Gasteiger partial charge is 0.329 e. The van der Waals surface area contributed by atoms with Crippen LogP contribution in [0.5, 0.6) is 0 Å². The third-order valence-corrected chi connectivity index (χ3v) is 7.43. The highest BCUT2D eigenvalue weighted by Gasteiger charge is 2.26. The van der Waals surface area contributed by atoms with E-state index in [9.17, 15) is 4.79 Å².